The largest absolute Gasteiger partial charge is 0.477 e. The molecule has 1 heterocycles. The zero-order chi connectivity index (χ0) is 8.27. The van der Waals surface area contributed by atoms with Crippen LogP contribution in [0.3, 0.4) is 0 Å². The van der Waals surface area contributed by atoms with Crippen molar-refractivity contribution in [3.63, 3.8) is 0 Å². The highest BCUT2D eigenvalue weighted by Crippen LogP contribution is 2.09. The molecule has 0 saturated heterocycles. The van der Waals surface area contributed by atoms with Crippen LogP contribution in [-0.4, -0.2) is 16.1 Å². The van der Waals surface area contributed by atoms with Crippen LogP contribution in [0.1, 0.15) is 10.5 Å². The molecule has 0 radical (unpaired) electrons. The van der Waals surface area contributed by atoms with Gasteiger partial charge in [-0.3, -0.25) is 0 Å². The summed E-state index contributed by atoms with van der Waals surface area (Å²) in [5.41, 5.74) is -0.0147. The molecule has 0 aliphatic heterocycles. The van der Waals surface area contributed by atoms with Crippen molar-refractivity contribution in [2.24, 2.45) is 0 Å². The van der Waals surface area contributed by atoms with Gasteiger partial charge in [-0.15, -0.1) is 0 Å². The van der Waals surface area contributed by atoms with Crippen LogP contribution in [0.25, 0.3) is 0 Å². The monoisotopic (exact) mass is 171 g/mol. The van der Waals surface area contributed by atoms with Gasteiger partial charge in [0.1, 0.15) is 5.69 Å². The van der Waals surface area contributed by atoms with Crippen LogP contribution >= 0.6 is 12.9 Å². The molecule has 0 aliphatic rings. The van der Waals surface area contributed by atoms with Gasteiger partial charge >= 0.3 is 5.97 Å². The molecule has 1 aromatic rings. The molecular weight excluding hydrogens is 166 g/mol. The molecule has 1 aromatic heterocycles. The molecule has 0 saturated carbocycles. The maximum atomic E-state index is 10.3. The number of rotatable bonds is 2. The summed E-state index contributed by atoms with van der Waals surface area (Å²) >= 11 is 3.51. The third-order valence-corrected chi connectivity index (χ3v) is 1.27. The standard InChI is InChI=1S/C6H5NO3S/c8-6(9)5-2-1-4(10-11)3-7-5/h1-3,11H,(H,8,9). The van der Waals surface area contributed by atoms with Crippen molar-refractivity contribution in [1.29, 1.82) is 0 Å². The fourth-order valence-corrected chi connectivity index (χ4v) is 0.669. The molecule has 0 amide bonds. The minimum atomic E-state index is -1.06. The maximum Gasteiger partial charge on any atom is 0.354 e. The van der Waals surface area contributed by atoms with Gasteiger partial charge in [-0.25, -0.2) is 9.78 Å². The highest BCUT2D eigenvalue weighted by Gasteiger charge is 2.02. The van der Waals surface area contributed by atoms with Crippen LogP contribution in [-0.2, 0) is 0 Å². The molecule has 1 N–H and O–H groups in total. The summed E-state index contributed by atoms with van der Waals surface area (Å²) in [6.45, 7) is 0. The molecule has 58 valence electrons. The first-order chi connectivity index (χ1) is 5.24. The Kier molecular flexibility index (Phi) is 2.32. The number of aromatic nitrogens is 1. The number of carboxylic acids is 1. The van der Waals surface area contributed by atoms with Gasteiger partial charge in [0.05, 0.1) is 6.20 Å². The SMILES string of the molecule is O=C(O)c1ccc(OS)cn1. The quantitative estimate of drug-likeness (QED) is 0.515. The van der Waals surface area contributed by atoms with Crippen LogP contribution in [0.5, 0.6) is 5.75 Å². The Bertz CT molecular complexity index is 259. The lowest BCUT2D eigenvalue weighted by atomic mass is 10.3. The summed E-state index contributed by atoms with van der Waals surface area (Å²) in [7, 11) is 0. The first-order valence-corrected chi connectivity index (χ1v) is 3.11. The van der Waals surface area contributed by atoms with Crippen molar-refractivity contribution in [2.45, 2.75) is 0 Å². The van der Waals surface area contributed by atoms with Gasteiger partial charge < -0.3 is 9.29 Å². The van der Waals surface area contributed by atoms with E-state index < -0.39 is 5.97 Å². The van der Waals surface area contributed by atoms with Crippen molar-refractivity contribution < 1.29 is 14.1 Å². The molecule has 0 aliphatic carbocycles. The van der Waals surface area contributed by atoms with E-state index in [9.17, 15) is 4.79 Å². The summed E-state index contributed by atoms with van der Waals surface area (Å²) in [6.07, 6.45) is 1.29. The normalized spacial score (nSPS) is 9.18. The molecule has 0 spiro atoms. The smallest absolute Gasteiger partial charge is 0.354 e. The lowest BCUT2D eigenvalue weighted by Gasteiger charge is -1.95. The summed E-state index contributed by atoms with van der Waals surface area (Å²) in [4.78, 5) is 13.9. The lowest BCUT2D eigenvalue weighted by molar-refractivity contribution is 0.0690. The minimum Gasteiger partial charge on any atom is -0.477 e. The third kappa shape index (κ3) is 1.84. The van der Waals surface area contributed by atoms with Crippen molar-refractivity contribution in [3.05, 3.63) is 24.0 Å². The predicted molar refractivity (Wildman–Crippen MR) is 40.8 cm³/mol. The molecule has 5 heteroatoms. The number of aromatic carboxylic acids is 1. The highest BCUT2D eigenvalue weighted by molar-refractivity contribution is 7.75. The molecule has 11 heavy (non-hydrogen) atoms. The molecule has 0 unspecified atom stereocenters. The molecule has 0 fully saturated rings. The first-order valence-electron chi connectivity index (χ1n) is 2.75. The molecule has 1 rings (SSSR count). The van der Waals surface area contributed by atoms with Gasteiger partial charge in [0, 0.05) is 12.9 Å². The second-order valence-corrected chi connectivity index (χ2v) is 1.96. The molecular formula is C6H5NO3S. The topological polar surface area (TPSA) is 59.4 Å². The van der Waals surface area contributed by atoms with E-state index in [0.717, 1.165) is 0 Å². The van der Waals surface area contributed by atoms with Crippen molar-refractivity contribution in [2.75, 3.05) is 0 Å². The average molecular weight is 171 g/mol. The molecule has 0 bridgehead atoms. The van der Waals surface area contributed by atoms with Crippen LogP contribution in [0.15, 0.2) is 18.3 Å². The number of nitrogens with zero attached hydrogens (tertiary/aromatic N) is 1. The Hall–Kier alpha value is -1.23. The number of hydrogen-bond donors (Lipinski definition) is 2. The number of hydrogen-bond acceptors (Lipinski definition) is 4. The predicted octanol–water partition coefficient (Wildman–Crippen LogP) is 1.00. The van der Waals surface area contributed by atoms with Gasteiger partial charge in [-0.05, 0) is 12.1 Å². The average Bonchev–Trinajstić information content (AvgIpc) is 2.05. The van der Waals surface area contributed by atoms with Gasteiger partial charge in [0.2, 0.25) is 0 Å². The summed E-state index contributed by atoms with van der Waals surface area (Å²) in [6, 6.07) is 2.82. The minimum absolute atomic E-state index is 0.0147. The zero-order valence-corrected chi connectivity index (χ0v) is 6.28. The van der Waals surface area contributed by atoms with Crippen LogP contribution in [0, 0.1) is 0 Å². The fraction of sp³-hybridized carbons (Fsp3) is 0. The number of pyridine rings is 1. The van der Waals surface area contributed by atoms with Crippen LogP contribution in [0.2, 0.25) is 0 Å². The van der Waals surface area contributed by atoms with Gasteiger partial charge in [0.15, 0.2) is 5.75 Å². The number of carboxylic acid groups (broad SMARTS) is 1. The lowest BCUT2D eigenvalue weighted by Crippen LogP contribution is -1.98. The third-order valence-electron chi connectivity index (χ3n) is 1.06. The first kappa shape index (κ1) is 7.87. The molecule has 0 atom stereocenters. The van der Waals surface area contributed by atoms with Gasteiger partial charge in [-0.1, -0.05) is 0 Å². The summed E-state index contributed by atoms with van der Waals surface area (Å²) in [5.74, 6) is -0.644. The molecule has 4 nitrogen and oxygen atoms in total. The van der Waals surface area contributed by atoms with Crippen molar-refractivity contribution in [3.8, 4) is 5.75 Å². The number of thiol groups is 1. The van der Waals surface area contributed by atoms with E-state index >= 15 is 0 Å². The fourth-order valence-electron chi connectivity index (χ4n) is 0.561. The Balaban J connectivity index is 2.91. The summed E-state index contributed by atoms with van der Waals surface area (Å²) in [5, 5.41) is 8.43. The Morgan fingerprint density at radius 3 is 2.73 bits per heavy atom. The number of carbonyl (C=O) groups is 1. The van der Waals surface area contributed by atoms with E-state index in [4.69, 9.17) is 5.11 Å². The Labute approximate surface area is 68.4 Å². The highest BCUT2D eigenvalue weighted by atomic mass is 32.1. The van der Waals surface area contributed by atoms with E-state index in [1.807, 2.05) is 0 Å². The van der Waals surface area contributed by atoms with Crippen molar-refractivity contribution >= 4 is 18.9 Å². The zero-order valence-electron chi connectivity index (χ0n) is 5.39. The van der Waals surface area contributed by atoms with E-state index in [2.05, 4.69) is 22.1 Å². The molecule has 0 aromatic carbocycles. The second-order valence-electron chi connectivity index (χ2n) is 1.78. The van der Waals surface area contributed by atoms with Crippen LogP contribution in [0.4, 0.5) is 0 Å². The van der Waals surface area contributed by atoms with E-state index in [-0.39, 0.29) is 5.69 Å². The van der Waals surface area contributed by atoms with Gasteiger partial charge in [0.25, 0.3) is 0 Å². The maximum absolute atomic E-state index is 10.3. The van der Waals surface area contributed by atoms with E-state index in [1.165, 1.54) is 18.3 Å². The van der Waals surface area contributed by atoms with Crippen molar-refractivity contribution in [1.82, 2.24) is 4.98 Å². The summed E-state index contributed by atoms with van der Waals surface area (Å²) < 4.78 is 4.49. The Morgan fingerprint density at radius 1 is 1.64 bits per heavy atom. The van der Waals surface area contributed by atoms with E-state index in [1.54, 1.807) is 0 Å². The van der Waals surface area contributed by atoms with E-state index in [0.29, 0.717) is 5.75 Å². The van der Waals surface area contributed by atoms with Gasteiger partial charge in [-0.2, -0.15) is 0 Å². The Morgan fingerprint density at radius 2 is 2.36 bits per heavy atom. The second kappa shape index (κ2) is 3.25. The van der Waals surface area contributed by atoms with Crippen LogP contribution < -0.4 is 4.18 Å².